The number of piperidine rings is 1. The van der Waals surface area contributed by atoms with Gasteiger partial charge in [-0.15, -0.1) is 0 Å². The number of fused-ring (bicyclic) bond motifs is 1. The second-order valence-corrected chi connectivity index (χ2v) is 9.93. The largest absolute Gasteiger partial charge is 0.431 e. The van der Waals surface area contributed by atoms with Gasteiger partial charge >= 0.3 is 6.61 Å². The van der Waals surface area contributed by atoms with Crippen LogP contribution in [-0.4, -0.2) is 58.6 Å². The number of nitrogens with zero attached hydrogens (tertiary/aromatic N) is 4. The molecular formula is C24H33F2N5O2. The fourth-order valence-electron chi connectivity index (χ4n) is 6.02. The summed E-state index contributed by atoms with van der Waals surface area (Å²) in [5.74, 6) is 1.73. The SMILES string of the molecule is COC1CCN(C2CC3C(c4cc(-c5cnc(N)c(OC(F)F)c5)nn4C(C)C)[C@H]3C2)CC1. The van der Waals surface area contributed by atoms with Crippen LogP contribution in [0.5, 0.6) is 5.75 Å². The van der Waals surface area contributed by atoms with Crippen molar-refractivity contribution in [2.45, 2.75) is 70.2 Å². The smallest absolute Gasteiger partial charge is 0.387 e. The Bertz CT molecular complexity index is 977. The average molecular weight is 462 g/mol. The van der Waals surface area contributed by atoms with E-state index in [2.05, 4.69) is 39.2 Å². The minimum atomic E-state index is -2.95. The normalized spacial score (nSPS) is 28.0. The summed E-state index contributed by atoms with van der Waals surface area (Å²) in [7, 11) is 1.81. The van der Waals surface area contributed by atoms with Gasteiger partial charge in [0.2, 0.25) is 0 Å². The number of anilines is 1. The summed E-state index contributed by atoms with van der Waals surface area (Å²) in [6.07, 6.45) is 6.71. The van der Waals surface area contributed by atoms with Gasteiger partial charge in [0.15, 0.2) is 11.6 Å². The van der Waals surface area contributed by atoms with Gasteiger partial charge < -0.3 is 20.1 Å². The molecule has 2 N–H and O–H groups in total. The van der Waals surface area contributed by atoms with E-state index in [9.17, 15) is 8.78 Å². The molecule has 3 fully saturated rings. The molecule has 5 rings (SSSR count). The molecule has 2 aromatic rings. The number of likely N-dealkylation sites (tertiary alicyclic amines) is 1. The van der Waals surface area contributed by atoms with E-state index in [1.54, 1.807) is 6.20 Å². The van der Waals surface area contributed by atoms with Gasteiger partial charge in [-0.2, -0.15) is 13.9 Å². The molecule has 2 saturated carbocycles. The first-order chi connectivity index (χ1) is 15.9. The maximum Gasteiger partial charge on any atom is 0.387 e. The first kappa shape index (κ1) is 22.5. The summed E-state index contributed by atoms with van der Waals surface area (Å²) in [5, 5.41) is 4.81. The monoisotopic (exact) mass is 461 g/mol. The Morgan fingerprint density at radius 3 is 2.42 bits per heavy atom. The van der Waals surface area contributed by atoms with E-state index in [1.807, 2.05) is 7.11 Å². The molecule has 9 heteroatoms. The molecule has 0 aromatic carbocycles. The molecule has 3 heterocycles. The van der Waals surface area contributed by atoms with Crippen LogP contribution >= 0.6 is 0 Å². The first-order valence-electron chi connectivity index (χ1n) is 11.9. The number of hydrogen-bond donors (Lipinski definition) is 1. The van der Waals surface area contributed by atoms with Crippen molar-refractivity contribution in [2.75, 3.05) is 25.9 Å². The van der Waals surface area contributed by atoms with Crippen LogP contribution in [0.25, 0.3) is 11.3 Å². The van der Waals surface area contributed by atoms with Gasteiger partial charge in [-0.3, -0.25) is 4.68 Å². The van der Waals surface area contributed by atoms with Crippen molar-refractivity contribution < 1.29 is 18.3 Å². The van der Waals surface area contributed by atoms with Crippen molar-refractivity contribution in [3.05, 3.63) is 24.0 Å². The molecule has 1 aliphatic heterocycles. The molecule has 0 spiro atoms. The van der Waals surface area contributed by atoms with Gasteiger partial charge in [0.05, 0.1) is 11.8 Å². The number of hydrogen-bond acceptors (Lipinski definition) is 6. The predicted octanol–water partition coefficient (Wildman–Crippen LogP) is 4.31. The molecule has 0 amide bonds. The molecular weight excluding hydrogens is 428 g/mol. The molecule has 1 saturated heterocycles. The number of rotatable bonds is 7. The fraction of sp³-hybridized carbons (Fsp3) is 0.667. The minimum absolute atomic E-state index is 0.0557. The number of ether oxygens (including phenoxy) is 2. The van der Waals surface area contributed by atoms with Crippen LogP contribution in [0.1, 0.15) is 57.2 Å². The van der Waals surface area contributed by atoms with E-state index in [4.69, 9.17) is 15.6 Å². The number of halogens is 2. The highest BCUT2D eigenvalue weighted by Gasteiger charge is 2.58. The summed E-state index contributed by atoms with van der Waals surface area (Å²) in [5.41, 5.74) is 8.29. The molecule has 7 nitrogen and oxygen atoms in total. The lowest BCUT2D eigenvalue weighted by Crippen LogP contribution is -2.42. The summed E-state index contributed by atoms with van der Waals surface area (Å²) in [6, 6.07) is 4.48. The molecule has 2 aliphatic carbocycles. The molecule has 180 valence electrons. The quantitative estimate of drug-likeness (QED) is 0.662. The number of nitrogens with two attached hydrogens (primary N) is 1. The van der Waals surface area contributed by atoms with Crippen molar-refractivity contribution in [2.24, 2.45) is 11.8 Å². The lowest BCUT2D eigenvalue weighted by molar-refractivity contribution is -0.0494. The Morgan fingerprint density at radius 2 is 1.82 bits per heavy atom. The molecule has 2 aromatic heterocycles. The maximum atomic E-state index is 12.7. The maximum absolute atomic E-state index is 12.7. The van der Waals surface area contributed by atoms with Crippen molar-refractivity contribution in [1.82, 2.24) is 19.7 Å². The number of pyridine rings is 1. The Kier molecular flexibility index (Phi) is 6.03. The summed E-state index contributed by atoms with van der Waals surface area (Å²) >= 11 is 0. The first-order valence-corrected chi connectivity index (χ1v) is 11.9. The van der Waals surface area contributed by atoms with Gasteiger partial charge in [0, 0.05) is 55.7 Å². The molecule has 0 bridgehead atoms. The molecule has 0 radical (unpaired) electrons. The molecule has 3 aliphatic rings. The number of methoxy groups -OCH3 is 1. The number of nitrogen functional groups attached to an aromatic ring is 1. The Balaban J connectivity index is 1.31. The lowest BCUT2D eigenvalue weighted by atomic mass is 9.99. The minimum Gasteiger partial charge on any atom is -0.431 e. The highest BCUT2D eigenvalue weighted by atomic mass is 19.3. The second-order valence-electron chi connectivity index (χ2n) is 9.93. The van der Waals surface area contributed by atoms with Crippen molar-refractivity contribution in [3.63, 3.8) is 0 Å². The van der Waals surface area contributed by atoms with E-state index in [0.29, 0.717) is 41.2 Å². The van der Waals surface area contributed by atoms with Crippen LogP contribution in [0.4, 0.5) is 14.6 Å². The van der Waals surface area contributed by atoms with Crippen LogP contribution < -0.4 is 10.5 Å². The summed E-state index contributed by atoms with van der Waals surface area (Å²) < 4.78 is 37.6. The van der Waals surface area contributed by atoms with E-state index < -0.39 is 6.61 Å². The second kappa shape index (κ2) is 8.83. The van der Waals surface area contributed by atoms with Gasteiger partial charge in [-0.25, -0.2) is 4.98 Å². The van der Waals surface area contributed by atoms with Crippen LogP contribution in [0, 0.1) is 11.8 Å². The number of aromatic nitrogens is 3. The molecule has 33 heavy (non-hydrogen) atoms. The van der Waals surface area contributed by atoms with Crippen LogP contribution in [0.3, 0.4) is 0 Å². The topological polar surface area (TPSA) is 78.4 Å². The third-order valence-corrected chi connectivity index (χ3v) is 7.74. The predicted molar refractivity (Wildman–Crippen MR) is 121 cm³/mol. The van der Waals surface area contributed by atoms with E-state index in [1.165, 1.54) is 24.6 Å². The van der Waals surface area contributed by atoms with Crippen LogP contribution in [0.2, 0.25) is 0 Å². The average Bonchev–Trinajstić information content (AvgIpc) is 3.15. The van der Waals surface area contributed by atoms with Gasteiger partial charge in [-0.05, 0) is 63.5 Å². The van der Waals surface area contributed by atoms with Crippen molar-refractivity contribution in [3.8, 4) is 17.0 Å². The Morgan fingerprint density at radius 1 is 1.12 bits per heavy atom. The summed E-state index contributed by atoms with van der Waals surface area (Å²) in [4.78, 5) is 6.70. The van der Waals surface area contributed by atoms with Crippen LogP contribution in [0.15, 0.2) is 18.3 Å². The van der Waals surface area contributed by atoms with Crippen molar-refractivity contribution >= 4 is 5.82 Å². The lowest BCUT2D eigenvalue weighted by Gasteiger charge is -2.36. The zero-order valence-electron chi connectivity index (χ0n) is 19.5. The highest BCUT2D eigenvalue weighted by molar-refractivity contribution is 5.64. The van der Waals surface area contributed by atoms with E-state index >= 15 is 0 Å². The Hall–Kier alpha value is -2.26. The standard InChI is InChI=1S/C24H33F2N5O2/c1-13(2)31-20(11-19(29-31)14-8-21(33-24(25)26)23(27)28-12-14)22-17-9-15(10-18(17)22)30-6-4-16(32-3)5-7-30/h8,11-13,15-18,22,24H,4-7,9-10H2,1-3H3,(H2,27,28)/t15?,17-,18?,22?/m0/s1. The third kappa shape index (κ3) is 4.33. The van der Waals surface area contributed by atoms with Crippen LogP contribution in [-0.2, 0) is 4.74 Å². The number of alkyl halides is 2. The van der Waals surface area contributed by atoms with Crippen molar-refractivity contribution in [1.29, 1.82) is 0 Å². The van der Waals surface area contributed by atoms with E-state index in [-0.39, 0.29) is 17.6 Å². The zero-order valence-corrected chi connectivity index (χ0v) is 19.5. The summed E-state index contributed by atoms with van der Waals surface area (Å²) in [6.45, 7) is 3.55. The zero-order chi connectivity index (χ0) is 23.3. The van der Waals surface area contributed by atoms with Gasteiger partial charge in [-0.1, -0.05) is 0 Å². The van der Waals surface area contributed by atoms with E-state index in [0.717, 1.165) is 25.9 Å². The molecule has 4 atom stereocenters. The Labute approximate surface area is 193 Å². The van der Waals surface area contributed by atoms with Gasteiger partial charge in [0.1, 0.15) is 0 Å². The highest BCUT2D eigenvalue weighted by Crippen LogP contribution is 2.64. The molecule has 3 unspecified atom stereocenters. The third-order valence-electron chi connectivity index (χ3n) is 7.74. The van der Waals surface area contributed by atoms with Gasteiger partial charge in [0.25, 0.3) is 0 Å². The fourth-order valence-corrected chi connectivity index (χ4v) is 6.02.